The largest absolute Gasteiger partial charge is 0.355 e. The van der Waals surface area contributed by atoms with Gasteiger partial charge < -0.3 is 10.1 Å². The zero-order valence-electron chi connectivity index (χ0n) is 19.9. The van der Waals surface area contributed by atoms with Crippen molar-refractivity contribution in [2.45, 2.75) is 86.5 Å². The summed E-state index contributed by atoms with van der Waals surface area (Å²) in [7, 11) is 4.17. The van der Waals surface area contributed by atoms with Gasteiger partial charge in [-0.1, -0.05) is 54.9 Å². The molecule has 8 heteroatoms. The number of likely N-dealkylation sites (N-methyl/N-ethyl adjacent to an activating group) is 1. The predicted molar refractivity (Wildman–Crippen MR) is 118 cm³/mol. The second-order valence-corrected chi connectivity index (χ2v) is 7.32. The van der Waals surface area contributed by atoms with Crippen molar-refractivity contribution in [1.82, 2.24) is 10.2 Å². The van der Waals surface area contributed by atoms with Crippen LogP contribution in [0.2, 0.25) is 0 Å². The maximum absolute atomic E-state index is 11.7. The van der Waals surface area contributed by atoms with Gasteiger partial charge >= 0.3 is 0 Å². The van der Waals surface area contributed by atoms with Crippen LogP contribution in [0.5, 0.6) is 0 Å². The van der Waals surface area contributed by atoms with Gasteiger partial charge in [0.1, 0.15) is 6.23 Å². The molecule has 2 radical (unpaired) electrons. The van der Waals surface area contributed by atoms with Crippen LogP contribution in [0.1, 0.15) is 74.1 Å². The van der Waals surface area contributed by atoms with Crippen LogP contribution < -0.4 is 5.32 Å². The summed E-state index contributed by atoms with van der Waals surface area (Å²) < 4.78 is 6.08. The van der Waals surface area contributed by atoms with E-state index in [1.807, 2.05) is 20.8 Å². The van der Waals surface area contributed by atoms with Crippen LogP contribution in [-0.4, -0.2) is 42.8 Å². The van der Waals surface area contributed by atoms with E-state index in [0.29, 0.717) is 23.8 Å². The summed E-state index contributed by atoms with van der Waals surface area (Å²) in [5, 5.41) is 2.59. The second kappa shape index (κ2) is 23.9. The second-order valence-electron chi connectivity index (χ2n) is 6.50. The van der Waals surface area contributed by atoms with Crippen LogP contribution >= 0.6 is 9.24 Å². The molecule has 1 heterocycles. The summed E-state index contributed by atoms with van der Waals surface area (Å²) in [6.07, 6.45) is 6.91. The van der Waals surface area contributed by atoms with E-state index in [1.54, 1.807) is 13.2 Å². The molecule has 0 spiro atoms. The zero-order valence-corrected chi connectivity index (χ0v) is 26.7. The van der Waals surface area contributed by atoms with Gasteiger partial charge in [0.25, 0.3) is 0 Å². The number of carbonyl (C=O) groups excluding carboxylic acids is 2. The van der Waals surface area contributed by atoms with E-state index in [2.05, 4.69) is 42.3 Å². The van der Waals surface area contributed by atoms with E-state index in [4.69, 9.17) is 4.74 Å². The fourth-order valence-corrected chi connectivity index (χ4v) is 2.82. The first kappa shape index (κ1) is 37.6. The molecule has 0 saturated carbocycles. The summed E-state index contributed by atoms with van der Waals surface area (Å²) >= 11 is 0. The van der Waals surface area contributed by atoms with Crippen molar-refractivity contribution in [2.24, 2.45) is 11.8 Å². The number of amides is 2. The van der Waals surface area contributed by atoms with Gasteiger partial charge in [-0.05, 0) is 37.3 Å². The van der Waals surface area contributed by atoms with Crippen LogP contribution in [-0.2, 0) is 79.7 Å². The Labute approximate surface area is 232 Å². The first-order chi connectivity index (χ1) is 12.9. The molecular formula is C21H43N2O3PY2. The smallest absolute Gasteiger partial charge is 0.248 e. The molecule has 0 aromatic carbocycles. The normalized spacial score (nSPS) is 19.6. The van der Waals surface area contributed by atoms with Gasteiger partial charge in [-0.15, -0.1) is 9.24 Å². The Bertz CT molecular complexity index is 440. The Hall–Kier alpha value is 1.28. The minimum atomic E-state index is -0.264. The molecule has 5 nitrogen and oxygen atoms in total. The number of hydrogen-bond donors (Lipinski definition) is 1. The Balaban J connectivity index is -0.000000407. The van der Waals surface area contributed by atoms with Crippen LogP contribution in [0.3, 0.4) is 0 Å². The molecule has 5 unspecified atom stereocenters. The van der Waals surface area contributed by atoms with E-state index >= 15 is 0 Å². The van der Waals surface area contributed by atoms with Crippen molar-refractivity contribution in [2.75, 3.05) is 13.2 Å². The van der Waals surface area contributed by atoms with Gasteiger partial charge in [0.05, 0.1) is 6.10 Å². The van der Waals surface area contributed by atoms with Crippen LogP contribution in [0.15, 0.2) is 11.8 Å². The third-order valence-corrected chi connectivity index (χ3v) is 4.82. The Kier molecular flexibility index (Phi) is 31.0. The molecule has 1 fully saturated rings. The topological polar surface area (TPSA) is 58.6 Å². The summed E-state index contributed by atoms with van der Waals surface area (Å²) in [4.78, 5) is 24.6. The first-order valence-electron chi connectivity index (χ1n) is 10.4. The molecule has 29 heavy (non-hydrogen) atoms. The number of carbonyl (C=O) groups is 2. The van der Waals surface area contributed by atoms with Gasteiger partial charge in [-0.2, -0.15) is 0 Å². The van der Waals surface area contributed by atoms with Crippen LogP contribution in [0, 0.1) is 11.8 Å². The summed E-state index contributed by atoms with van der Waals surface area (Å²) in [6.45, 7) is 14.6. The number of hydrogen-bond acceptors (Lipinski definition) is 3. The molecule has 2 amide bonds. The monoisotopic (exact) mass is 580 g/mol. The molecule has 1 saturated heterocycles. The van der Waals surface area contributed by atoms with E-state index < -0.39 is 0 Å². The molecule has 0 bridgehead atoms. The molecule has 1 N–H and O–H groups in total. The molecule has 0 aromatic heterocycles. The van der Waals surface area contributed by atoms with Crippen molar-refractivity contribution >= 4 is 21.6 Å². The number of nitrogens with one attached hydrogen (secondary N) is 1. The van der Waals surface area contributed by atoms with Gasteiger partial charge in [0.2, 0.25) is 12.3 Å². The van der Waals surface area contributed by atoms with Gasteiger partial charge in [0.15, 0.2) is 0 Å². The Morgan fingerprint density at radius 3 is 2.10 bits per heavy atom. The SMILES string of the molecule is CC.CC/C(=C/N(C=O)C1CCC(C(C)C(C)CC)O1)C(=O)NC.CCP.[Y].[Y]. The standard InChI is InChI=1S/C17H30N2O3.C2H7P.C2H6.2Y/c1-6-12(3)13(4)15-8-9-16(22-15)19(11-20)10-14(7-2)17(21)18-5;1-2-3;1-2;;/h10-13,15-16H,6-9H2,1-5H3,(H,18,21);2-3H2,1H3;1-2H3;;/b14-10-;;;;. The fraction of sp³-hybridized carbons (Fsp3) is 0.810. The third kappa shape index (κ3) is 14.9. The molecule has 5 atom stereocenters. The maximum atomic E-state index is 11.7. The Morgan fingerprint density at radius 2 is 1.72 bits per heavy atom. The van der Waals surface area contributed by atoms with Gasteiger partial charge in [-0.25, -0.2) is 0 Å². The van der Waals surface area contributed by atoms with Gasteiger partial charge in [0, 0.05) is 84.2 Å². The minimum Gasteiger partial charge on any atom is -0.355 e. The van der Waals surface area contributed by atoms with E-state index in [1.165, 1.54) is 11.1 Å². The maximum Gasteiger partial charge on any atom is 0.248 e. The fourth-order valence-electron chi connectivity index (χ4n) is 2.82. The molecule has 0 aliphatic carbocycles. The van der Waals surface area contributed by atoms with Crippen molar-refractivity contribution in [3.8, 4) is 0 Å². The number of ether oxygens (including phenoxy) is 1. The van der Waals surface area contributed by atoms with Crippen molar-refractivity contribution in [3.05, 3.63) is 11.8 Å². The molecule has 0 aromatic rings. The Morgan fingerprint density at radius 1 is 1.21 bits per heavy atom. The molecular weight excluding hydrogens is 537 g/mol. The van der Waals surface area contributed by atoms with E-state index in [-0.39, 0.29) is 83.7 Å². The molecule has 1 rings (SSSR count). The van der Waals surface area contributed by atoms with Crippen molar-refractivity contribution < 1.29 is 79.7 Å². The van der Waals surface area contributed by atoms with Crippen molar-refractivity contribution in [3.63, 3.8) is 0 Å². The van der Waals surface area contributed by atoms with E-state index in [0.717, 1.165) is 25.7 Å². The average Bonchev–Trinajstić information content (AvgIpc) is 3.19. The third-order valence-electron chi connectivity index (χ3n) is 4.82. The number of rotatable bonds is 8. The summed E-state index contributed by atoms with van der Waals surface area (Å²) in [5.74, 6) is 0.912. The first-order valence-corrected chi connectivity index (χ1v) is 11.2. The minimum absolute atomic E-state index is 0. The average molecular weight is 580 g/mol. The molecule has 1 aliphatic rings. The number of nitrogens with zero attached hydrogens (tertiary/aromatic N) is 1. The summed E-state index contributed by atoms with van der Waals surface area (Å²) in [6, 6.07) is 0. The van der Waals surface area contributed by atoms with E-state index in [9.17, 15) is 9.59 Å². The predicted octanol–water partition coefficient (Wildman–Crippen LogP) is 4.57. The van der Waals surface area contributed by atoms with Gasteiger partial charge in [-0.3, -0.25) is 14.5 Å². The molecule has 166 valence electrons. The van der Waals surface area contributed by atoms with Crippen LogP contribution in [0.25, 0.3) is 0 Å². The molecule has 1 aliphatic heterocycles. The zero-order chi connectivity index (χ0) is 21.4. The van der Waals surface area contributed by atoms with Crippen molar-refractivity contribution in [1.29, 1.82) is 0 Å². The van der Waals surface area contributed by atoms with Crippen LogP contribution in [0.4, 0.5) is 0 Å². The summed E-state index contributed by atoms with van der Waals surface area (Å²) in [5.41, 5.74) is 0.580. The quantitative estimate of drug-likeness (QED) is 0.260.